The number of hydrogen-bond donors (Lipinski definition) is 1. The first-order chi connectivity index (χ1) is 14.8. The fraction of sp³-hybridized carbons (Fsp3) is 0.190. The number of hydrogen-bond acceptors (Lipinski definition) is 8. The Morgan fingerprint density at radius 2 is 1.80 bits per heavy atom. The first-order valence-corrected chi connectivity index (χ1v) is 10.5. The molecule has 4 aromatic rings. The Hall–Kier alpha value is -3.59. The molecular weight excluding hydrogens is 398 g/mol. The third kappa shape index (κ3) is 3.67. The van der Waals surface area contributed by atoms with Gasteiger partial charge in [-0.3, -0.25) is 4.79 Å². The lowest BCUT2D eigenvalue weighted by atomic mass is 10.1. The zero-order chi connectivity index (χ0) is 20.3. The molecule has 5 rings (SSSR count). The highest BCUT2D eigenvalue weighted by atomic mass is 32.1. The maximum absolute atomic E-state index is 13.0. The molecule has 9 heteroatoms. The highest BCUT2D eigenvalue weighted by Gasteiger charge is 2.24. The molecule has 1 saturated heterocycles. The summed E-state index contributed by atoms with van der Waals surface area (Å²) in [4.78, 5) is 34.3. The number of rotatable bonds is 4. The predicted molar refractivity (Wildman–Crippen MR) is 117 cm³/mol. The van der Waals surface area contributed by atoms with Crippen LogP contribution in [-0.4, -0.2) is 56.9 Å². The molecule has 0 radical (unpaired) electrons. The largest absolute Gasteiger partial charge is 0.352 e. The van der Waals surface area contributed by atoms with E-state index in [9.17, 15) is 4.79 Å². The summed E-state index contributed by atoms with van der Waals surface area (Å²) in [5, 5.41) is 5.16. The monoisotopic (exact) mass is 417 g/mol. The number of nitrogens with one attached hydrogen (secondary N) is 1. The van der Waals surface area contributed by atoms with E-state index >= 15 is 0 Å². The van der Waals surface area contributed by atoms with E-state index in [1.54, 1.807) is 36.1 Å². The highest BCUT2D eigenvalue weighted by Crippen LogP contribution is 2.28. The summed E-state index contributed by atoms with van der Waals surface area (Å²) in [5.74, 6) is 1.48. The number of nitrogens with zero attached hydrogens (tertiary/aromatic N) is 6. The van der Waals surface area contributed by atoms with Crippen LogP contribution in [0, 0.1) is 0 Å². The molecule has 8 nitrogen and oxygen atoms in total. The lowest BCUT2D eigenvalue weighted by Crippen LogP contribution is -2.49. The molecule has 3 aromatic heterocycles. The summed E-state index contributed by atoms with van der Waals surface area (Å²) in [5.41, 5.74) is 2.40. The van der Waals surface area contributed by atoms with Gasteiger partial charge in [0.2, 0.25) is 5.95 Å². The highest BCUT2D eigenvalue weighted by molar-refractivity contribution is 7.17. The Morgan fingerprint density at radius 3 is 2.63 bits per heavy atom. The number of amides is 1. The van der Waals surface area contributed by atoms with Crippen molar-refractivity contribution in [2.45, 2.75) is 0 Å². The first-order valence-electron chi connectivity index (χ1n) is 9.64. The Labute approximate surface area is 177 Å². The van der Waals surface area contributed by atoms with Gasteiger partial charge in [-0.1, -0.05) is 6.07 Å². The Balaban J connectivity index is 1.27. The number of anilines is 3. The molecule has 4 heterocycles. The van der Waals surface area contributed by atoms with Gasteiger partial charge in [0.25, 0.3) is 5.91 Å². The topological polar surface area (TPSA) is 87.1 Å². The minimum atomic E-state index is 0.0243. The van der Waals surface area contributed by atoms with Crippen LogP contribution in [-0.2, 0) is 0 Å². The van der Waals surface area contributed by atoms with Crippen molar-refractivity contribution in [3.05, 3.63) is 66.1 Å². The van der Waals surface area contributed by atoms with Gasteiger partial charge in [-0.05, 0) is 35.7 Å². The molecule has 1 aromatic carbocycles. The maximum Gasteiger partial charge on any atom is 0.254 e. The lowest BCUT2D eigenvalue weighted by Gasteiger charge is -2.35. The fourth-order valence-corrected chi connectivity index (χ4v) is 4.39. The van der Waals surface area contributed by atoms with Crippen LogP contribution in [0.2, 0.25) is 0 Å². The van der Waals surface area contributed by atoms with Gasteiger partial charge in [0, 0.05) is 49.8 Å². The van der Waals surface area contributed by atoms with E-state index in [-0.39, 0.29) is 5.91 Å². The van der Waals surface area contributed by atoms with Gasteiger partial charge in [-0.15, -0.1) is 11.3 Å². The summed E-state index contributed by atoms with van der Waals surface area (Å²) >= 11 is 1.65. The summed E-state index contributed by atoms with van der Waals surface area (Å²) in [7, 11) is 0. The van der Waals surface area contributed by atoms with Crippen molar-refractivity contribution in [3.8, 4) is 0 Å². The molecule has 0 aliphatic carbocycles. The zero-order valence-corrected chi connectivity index (χ0v) is 16.9. The third-order valence-corrected chi connectivity index (χ3v) is 5.92. The van der Waals surface area contributed by atoms with Gasteiger partial charge >= 0.3 is 0 Å². The minimum absolute atomic E-state index is 0.0243. The van der Waals surface area contributed by atoms with Crippen LogP contribution < -0.4 is 10.2 Å². The van der Waals surface area contributed by atoms with Crippen molar-refractivity contribution in [1.82, 2.24) is 24.8 Å². The number of piperazine rings is 1. The Kier molecular flexibility index (Phi) is 4.94. The maximum atomic E-state index is 13.0. The average molecular weight is 417 g/mol. The molecular formula is C21H19N7OS. The van der Waals surface area contributed by atoms with E-state index in [1.807, 2.05) is 40.6 Å². The summed E-state index contributed by atoms with van der Waals surface area (Å²) < 4.78 is 1.10. The number of fused-ring (bicyclic) bond motifs is 1. The van der Waals surface area contributed by atoms with E-state index in [0.717, 1.165) is 34.8 Å². The second-order valence-electron chi connectivity index (χ2n) is 6.89. The van der Waals surface area contributed by atoms with E-state index < -0.39 is 0 Å². The molecule has 0 saturated carbocycles. The number of carbonyl (C=O) groups excluding carboxylic acids is 1. The van der Waals surface area contributed by atoms with E-state index in [1.165, 1.54) is 0 Å². The third-order valence-electron chi connectivity index (χ3n) is 5.02. The summed E-state index contributed by atoms with van der Waals surface area (Å²) in [6, 6.07) is 11.2. The smallest absolute Gasteiger partial charge is 0.254 e. The van der Waals surface area contributed by atoms with Crippen molar-refractivity contribution in [3.63, 3.8) is 0 Å². The fourth-order valence-electron chi connectivity index (χ4n) is 3.53. The molecule has 0 atom stereocenters. The number of carbonyl (C=O) groups is 1. The molecule has 0 bridgehead atoms. The second-order valence-corrected chi connectivity index (χ2v) is 7.81. The normalized spacial score (nSPS) is 14.1. The van der Waals surface area contributed by atoms with Gasteiger partial charge in [-0.2, -0.15) is 0 Å². The van der Waals surface area contributed by atoms with Gasteiger partial charge in [0.1, 0.15) is 12.1 Å². The number of thiophene rings is 1. The molecule has 30 heavy (non-hydrogen) atoms. The zero-order valence-electron chi connectivity index (χ0n) is 16.1. The van der Waals surface area contributed by atoms with E-state index in [2.05, 4.69) is 30.2 Å². The van der Waals surface area contributed by atoms with Crippen LogP contribution in [0.25, 0.3) is 10.2 Å². The van der Waals surface area contributed by atoms with Crippen molar-refractivity contribution >= 4 is 44.9 Å². The van der Waals surface area contributed by atoms with E-state index in [0.29, 0.717) is 24.6 Å². The quantitative estimate of drug-likeness (QED) is 0.546. The standard InChI is InChI=1S/C21H19N7OS/c29-20(15-3-1-4-16(13-15)26-21-22-6-2-7-23-21)28-10-8-27(9-11-28)19-18-17(5-12-30-18)24-14-25-19/h1-7,12-14H,8-11H2,(H,22,23,26). The van der Waals surface area contributed by atoms with Gasteiger partial charge in [0.05, 0.1) is 10.2 Å². The molecule has 1 amide bonds. The second kappa shape index (κ2) is 8.03. The van der Waals surface area contributed by atoms with Crippen molar-refractivity contribution in [1.29, 1.82) is 0 Å². The SMILES string of the molecule is O=C(c1cccc(Nc2ncccn2)c1)N1CCN(c2ncnc3ccsc23)CC1. The van der Waals surface area contributed by atoms with Crippen LogP contribution in [0.4, 0.5) is 17.5 Å². The van der Waals surface area contributed by atoms with Gasteiger partial charge in [0.15, 0.2) is 0 Å². The van der Waals surface area contributed by atoms with Crippen molar-refractivity contribution < 1.29 is 4.79 Å². The van der Waals surface area contributed by atoms with Crippen molar-refractivity contribution in [2.24, 2.45) is 0 Å². The molecule has 0 spiro atoms. The molecule has 1 N–H and O–H groups in total. The molecule has 150 valence electrons. The first kappa shape index (κ1) is 18.4. The van der Waals surface area contributed by atoms with Gasteiger partial charge in [-0.25, -0.2) is 19.9 Å². The molecule has 1 aliphatic rings. The van der Waals surface area contributed by atoms with Crippen LogP contribution >= 0.6 is 11.3 Å². The van der Waals surface area contributed by atoms with Crippen LogP contribution in [0.3, 0.4) is 0 Å². The molecule has 1 fully saturated rings. The lowest BCUT2D eigenvalue weighted by molar-refractivity contribution is 0.0746. The molecule has 1 aliphatic heterocycles. The van der Waals surface area contributed by atoms with E-state index in [4.69, 9.17) is 0 Å². The number of benzene rings is 1. The number of aromatic nitrogens is 4. The minimum Gasteiger partial charge on any atom is -0.352 e. The molecule has 0 unspecified atom stereocenters. The summed E-state index contributed by atoms with van der Waals surface area (Å²) in [6.45, 7) is 2.78. The summed E-state index contributed by atoms with van der Waals surface area (Å²) in [6.07, 6.45) is 4.95. The van der Waals surface area contributed by atoms with Crippen molar-refractivity contribution in [2.75, 3.05) is 36.4 Å². The predicted octanol–water partition coefficient (Wildman–Crippen LogP) is 3.19. The van der Waals surface area contributed by atoms with Crippen LogP contribution in [0.5, 0.6) is 0 Å². The average Bonchev–Trinajstić information content (AvgIpc) is 3.29. The Morgan fingerprint density at radius 1 is 0.967 bits per heavy atom. The van der Waals surface area contributed by atoms with Gasteiger partial charge < -0.3 is 15.1 Å². The Bertz CT molecular complexity index is 1170. The van der Waals surface area contributed by atoms with Crippen LogP contribution in [0.1, 0.15) is 10.4 Å². The van der Waals surface area contributed by atoms with Crippen LogP contribution in [0.15, 0.2) is 60.5 Å².